The molecule has 112 valence electrons. The zero-order chi connectivity index (χ0) is 14.4. The first-order chi connectivity index (χ1) is 9.54. The quantitative estimate of drug-likeness (QED) is 0.838. The predicted octanol–water partition coefficient (Wildman–Crippen LogP) is 3.50. The normalized spacial score (nSPS) is 17.4. The summed E-state index contributed by atoms with van der Waals surface area (Å²) in [6.45, 7) is 2.32. The van der Waals surface area contributed by atoms with Gasteiger partial charge in [0.15, 0.2) is 0 Å². The Labute approximate surface area is 121 Å². The van der Waals surface area contributed by atoms with Gasteiger partial charge in [-0.05, 0) is 36.7 Å². The molecule has 1 aromatic carbocycles. The lowest BCUT2D eigenvalue weighted by molar-refractivity contribution is -0.0327. The van der Waals surface area contributed by atoms with Crippen LogP contribution in [0.4, 0.5) is 18.9 Å². The lowest BCUT2D eigenvalue weighted by Crippen LogP contribution is -2.43. The highest BCUT2D eigenvalue weighted by molar-refractivity contribution is 8.00. The van der Waals surface area contributed by atoms with Crippen LogP contribution < -0.4 is 10.2 Å². The number of alkyl halides is 3. The summed E-state index contributed by atoms with van der Waals surface area (Å²) >= 11 is 0.0466. The van der Waals surface area contributed by atoms with E-state index in [-0.39, 0.29) is 17.5 Å². The van der Waals surface area contributed by atoms with Crippen LogP contribution in [0, 0.1) is 0 Å². The van der Waals surface area contributed by atoms with Gasteiger partial charge in [0.05, 0.1) is 0 Å². The first-order valence-electron chi connectivity index (χ1n) is 6.79. The highest BCUT2D eigenvalue weighted by atomic mass is 32.2. The van der Waals surface area contributed by atoms with Crippen LogP contribution in [0.3, 0.4) is 0 Å². The molecule has 0 atom stereocenters. The van der Waals surface area contributed by atoms with E-state index in [1.807, 2.05) is 18.2 Å². The van der Waals surface area contributed by atoms with Crippen LogP contribution in [0.1, 0.15) is 12.8 Å². The van der Waals surface area contributed by atoms with Crippen LogP contribution in [0.2, 0.25) is 0 Å². The van der Waals surface area contributed by atoms with Gasteiger partial charge in [-0.25, -0.2) is 0 Å². The smallest absolute Gasteiger partial charge is 0.371 e. The summed E-state index contributed by atoms with van der Waals surface area (Å²) in [5.41, 5.74) is -2.89. The minimum atomic E-state index is -4.11. The van der Waals surface area contributed by atoms with Gasteiger partial charge in [-0.2, -0.15) is 13.2 Å². The summed E-state index contributed by atoms with van der Waals surface area (Å²) in [6, 6.07) is 10.6. The lowest BCUT2D eigenvalue weighted by Gasteiger charge is -2.34. The SMILES string of the molecule is FC(F)(F)SCCNC1CCN(c2ccccc2)CC1. The molecule has 20 heavy (non-hydrogen) atoms. The molecule has 0 aliphatic carbocycles. The van der Waals surface area contributed by atoms with Gasteiger partial charge in [-0.3, -0.25) is 0 Å². The number of rotatable bonds is 5. The van der Waals surface area contributed by atoms with Crippen molar-refractivity contribution >= 4 is 17.4 Å². The maximum atomic E-state index is 12.0. The van der Waals surface area contributed by atoms with Crippen LogP contribution in [-0.2, 0) is 0 Å². The fourth-order valence-corrected chi connectivity index (χ4v) is 2.86. The van der Waals surface area contributed by atoms with Crippen molar-refractivity contribution in [2.75, 3.05) is 30.3 Å². The van der Waals surface area contributed by atoms with Gasteiger partial charge in [0.2, 0.25) is 0 Å². The van der Waals surface area contributed by atoms with Crippen molar-refractivity contribution in [3.8, 4) is 0 Å². The van der Waals surface area contributed by atoms with Gasteiger partial charge >= 0.3 is 5.51 Å². The molecule has 0 unspecified atom stereocenters. The van der Waals surface area contributed by atoms with Gasteiger partial charge in [0, 0.05) is 37.1 Å². The Morgan fingerprint density at radius 3 is 2.40 bits per heavy atom. The molecule has 0 aromatic heterocycles. The summed E-state index contributed by atoms with van der Waals surface area (Å²) in [4.78, 5) is 2.32. The van der Waals surface area contributed by atoms with E-state index < -0.39 is 5.51 Å². The third kappa shape index (κ3) is 5.25. The minimum Gasteiger partial charge on any atom is -0.371 e. The van der Waals surface area contributed by atoms with Gasteiger partial charge in [0.1, 0.15) is 0 Å². The van der Waals surface area contributed by atoms with Crippen LogP contribution in [0.5, 0.6) is 0 Å². The number of nitrogens with one attached hydrogen (secondary N) is 1. The Morgan fingerprint density at radius 1 is 1.15 bits per heavy atom. The minimum absolute atomic E-state index is 0.0466. The van der Waals surface area contributed by atoms with E-state index >= 15 is 0 Å². The summed E-state index contributed by atoms with van der Waals surface area (Å²) in [5.74, 6) is 0.0857. The van der Waals surface area contributed by atoms with Crippen LogP contribution >= 0.6 is 11.8 Å². The number of benzene rings is 1. The molecule has 1 heterocycles. The molecular formula is C14H19F3N2S. The molecule has 1 aromatic rings. The first kappa shape index (κ1) is 15.5. The summed E-state index contributed by atoms with van der Waals surface area (Å²) < 4.78 is 36.0. The zero-order valence-electron chi connectivity index (χ0n) is 11.2. The number of halogens is 3. The van der Waals surface area contributed by atoms with Crippen molar-refractivity contribution in [1.29, 1.82) is 0 Å². The van der Waals surface area contributed by atoms with Crippen molar-refractivity contribution in [2.24, 2.45) is 0 Å². The number of hydrogen-bond donors (Lipinski definition) is 1. The Hall–Kier alpha value is -0.880. The van der Waals surface area contributed by atoms with Gasteiger partial charge in [-0.15, -0.1) is 0 Å². The van der Waals surface area contributed by atoms with E-state index in [1.54, 1.807) is 0 Å². The van der Waals surface area contributed by atoms with E-state index in [1.165, 1.54) is 5.69 Å². The molecule has 6 heteroatoms. The number of anilines is 1. The highest BCUT2D eigenvalue weighted by Gasteiger charge is 2.27. The van der Waals surface area contributed by atoms with E-state index in [2.05, 4.69) is 22.3 Å². The Morgan fingerprint density at radius 2 is 1.80 bits per heavy atom. The molecule has 0 spiro atoms. The maximum Gasteiger partial charge on any atom is 0.441 e. The first-order valence-corrected chi connectivity index (χ1v) is 7.77. The summed E-state index contributed by atoms with van der Waals surface area (Å²) in [6.07, 6.45) is 1.96. The molecule has 0 bridgehead atoms. The van der Waals surface area contributed by atoms with Crippen molar-refractivity contribution in [3.05, 3.63) is 30.3 Å². The molecule has 1 saturated heterocycles. The van der Waals surface area contributed by atoms with Crippen molar-refractivity contribution in [3.63, 3.8) is 0 Å². The largest absolute Gasteiger partial charge is 0.441 e. The predicted molar refractivity (Wildman–Crippen MR) is 78.2 cm³/mol. The van der Waals surface area contributed by atoms with E-state index in [0.717, 1.165) is 25.9 Å². The maximum absolute atomic E-state index is 12.0. The second-order valence-electron chi connectivity index (χ2n) is 4.85. The molecule has 1 fully saturated rings. The monoisotopic (exact) mass is 304 g/mol. The number of nitrogens with zero attached hydrogens (tertiary/aromatic N) is 1. The van der Waals surface area contributed by atoms with Crippen molar-refractivity contribution in [2.45, 2.75) is 24.4 Å². The fraction of sp³-hybridized carbons (Fsp3) is 0.571. The topological polar surface area (TPSA) is 15.3 Å². The van der Waals surface area contributed by atoms with E-state index in [0.29, 0.717) is 12.6 Å². The van der Waals surface area contributed by atoms with Crippen molar-refractivity contribution < 1.29 is 13.2 Å². The van der Waals surface area contributed by atoms with Crippen LogP contribution in [0.25, 0.3) is 0 Å². The second-order valence-corrected chi connectivity index (χ2v) is 6.01. The van der Waals surface area contributed by atoms with E-state index in [4.69, 9.17) is 0 Å². The standard InChI is InChI=1S/C14H19F3N2S/c15-14(16,17)20-11-8-18-12-6-9-19(10-7-12)13-4-2-1-3-5-13/h1-5,12,18H,6-11H2. The molecule has 1 N–H and O–H groups in total. The Bertz CT molecular complexity index is 389. The van der Waals surface area contributed by atoms with Crippen LogP contribution in [-0.4, -0.2) is 36.9 Å². The molecule has 1 aliphatic heterocycles. The van der Waals surface area contributed by atoms with E-state index in [9.17, 15) is 13.2 Å². The molecule has 0 saturated carbocycles. The van der Waals surface area contributed by atoms with Gasteiger partial charge < -0.3 is 10.2 Å². The zero-order valence-corrected chi connectivity index (χ0v) is 12.0. The fourth-order valence-electron chi connectivity index (χ4n) is 2.41. The molecule has 2 rings (SSSR count). The average Bonchev–Trinajstić information content (AvgIpc) is 2.44. The average molecular weight is 304 g/mol. The molecular weight excluding hydrogens is 285 g/mol. The third-order valence-electron chi connectivity index (χ3n) is 3.42. The van der Waals surface area contributed by atoms with Crippen LogP contribution in [0.15, 0.2) is 30.3 Å². The Balaban J connectivity index is 1.65. The molecule has 0 amide bonds. The van der Waals surface area contributed by atoms with Crippen molar-refractivity contribution in [1.82, 2.24) is 5.32 Å². The van der Waals surface area contributed by atoms with Gasteiger partial charge in [0.25, 0.3) is 0 Å². The van der Waals surface area contributed by atoms with Gasteiger partial charge in [-0.1, -0.05) is 18.2 Å². The molecule has 1 aliphatic rings. The lowest BCUT2D eigenvalue weighted by atomic mass is 10.0. The molecule has 2 nitrogen and oxygen atoms in total. The number of piperidine rings is 1. The third-order valence-corrected chi connectivity index (χ3v) is 4.15. The summed E-state index contributed by atoms with van der Waals surface area (Å²) in [7, 11) is 0. The number of hydrogen-bond acceptors (Lipinski definition) is 3. The second kappa shape index (κ2) is 7.22. The Kier molecular flexibility index (Phi) is 5.60. The number of para-hydroxylation sites is 1. The highest BCUT2D eigenvalue weighted by Crippen LogP contribution is 2.29. The molecule has 0 radical (unpaired) electrons. The summed E-state index contributed by atoms with van der Waals surface area (Å²) in [5, 5.41) is 3.22. The number of thioether (sulfide) groups is 1.